The number of hydrogen-bond donors (Lipinski definition) is 1. The maximum atomic E-state index is 13.1. The normalized spacial score (nSPS) is 17.1. The van der Waals surface area contributed by atoms with Crippen molar-refractivity contribution < 1.29 is 18.0 Å². The number of nitrogens with zero attached hydrogens (tertiary/aromatic N) is 1. The first-order valence-corrected chi connectivity index (χ1v) is 10.6. The third kappa shape index (κ3) is 3.64. The molecule has 0 aromatic heterocycles. The molecule has 8 heteroatoms. The van der Waals surface area contributed by atoms with Crippen LogP contribution in [0.5, 0.6) is 0 Å². The lowest BCUT2D eigenvalue weighted by molar-refractivity contribution is -0.128. The molecule has 28 heavy (non-hydrogen) atoms. The molecule has 1 atom stereocenters. The first-order valence-electron chi connectivity index (χ1n) is 8.83. The van der Waals surface area contributed by atoms with E-state index in [4.69, 9.17) is 11.6 Å². The van der Waals surface area contributed by atoms with Crippen molar-refractivity contribution in [3.05, 3.63) is 58.1 Å². The number of carbonyl (C=O) groups excluding carboxylic acids is 2. The van der Waals surface area contributed by atoms with Crippen molar-refractivity contribution in [3.63, 3.8) is 0 Å². The molecule has 0 saturated carbocycles. The van der Waals surface area contributed by atoms with Crippen molar-refractivity contribution >= 4 is 39.1 Å². The number of carbonyl (C=O) groups is 2. The summed E-state index contributed by atoms with van der Waals surface area (Å²) in [6.45, 7) is 5.42. The topological polar surface area (TPSA) is 83.6 Å². The van der Waals surface area contributed by atoms with Crippen LogP contribution in [0.4, 0.5) is 5.69 Å². The van der Waals surface area contributed by atoms with Gasteiger partial charge in [0.25, 0.3) is 10.0 Å². The summed E-state index contributed by atoms with van der Waals surface area (Å²) in [6, 6.07) is 8.63. The second kappa shape index (κ2) is 7.56. The highest BCUT2D eigenvalue weighted by Gasteiger charge is 2.44. The van der Waals surface area contributed by atoms with Crippen molar-refractivity contribution in [1.29, 1.82) is 0 Å². The van der Waals surface area contributed by atoms with Crippen LogP contribution in [-0.2, 0) is 19.6 Å². The molecule has 1 aliphatic heterocycles. The van der Waals surface area contributed by atoms with Gasteiger partial charge in [-0.2, -0.15) is 0 Å². The van der Waals surface area contributed by atoms with Crippen molar-refractivity contribution in [2.75, 3.05) is 5.32 Å². The minimum atomic E-state index is -4.14. The van der Waals surface area contributed by atoms with Gasteiger partial charge in [0.15, 0.2) is 0 Å². The van der Waals surface area contributed by atoms with Crippen molar-refractivity contribution in [1.82, 2.24) is 4.31 Å². The number of anilines is 1. The predicted octanol–water partition coefficient (Wildman–Crippen LogP) is 3.58. The SMILES string of the molecule is Cc1ccc(S(=O)(=O)N2C(=O)CC[C@@H]2C(=O)Nc2cccc(Cl)c2C)cc1C. The van der Waals surface area contributed by atoms with Gasteiger partial charge in [-0.25, -0.2) is 12.7 Å². The second-order valence-electron chi connectivity index (χ2n) is 6.90. The quantitative estimate of drug-likeness (QED) is 0.819. The maximum Gasteiger partial charge on any atom is 0.267 e. The number of nitrogens with one attached hydrogen (secondary N) is 1. The third-order valence-corrected chi connectivity index (χ3v) is 7.26. The summed E-state index contributed by atoms with van der Waals surface area (Å²) in [5.41, 5.74) is 2.89. The molecule has 0 aliphatic carbocycles. The van der Waals surface area contributed by atoms with Crippen LogP contribution in [0.2, 0.25) is 5.02 Å². The highest BCUT2D eigenvalue weighted by atomic mass is 35.5. The zero-order chi connectivity index (χ0) is 20.6. The van der Waals surface area contributed by atoms with Crippen LogP contribution < -0.4 is 5.32 Å². The van der Waals surface area contributed by atoms with E-state index < -0.39 is 27.9 Å². The molecule has 2 aromatic carbocycles. The largest absolute Gasteiger partial charge is 0.324 e. The zero-order valence-electron chi connectivity index (χ0n) is 15.8. The number of benzene rings is 2. The Kier molecular flexibility index (Phi) is 5.50. The van der Waals surface area contributed by atoms with Crippen LogP contribution in [0.15, 0.2) is 41.3 Å². The van der Waals surface area contributed by atoms with Gasteiger partial charge < -0.3 is 5.32 Å². The lowest BCUT2D eigenvalue weighted by atomic mass is 10.1. The molecule has 1 heterocycles. The number of hydrogen-bond acceptors (Lipinski definition) is 4. The van der Waals surface area contributed by atoms with Gasteiger partial charge in [-0.05, 0) is 68.1 Å². The van der Waals surface area contributed by atoms with E-state index >= 15 is 0 Å². The second-order valence-corrected chi connectivity index (χ2v) is 9.12. The molecule has 1 N–H and O–H groups in total. The van der Waals surface area contributed by atoms with Crippen molar-refractivity contribution in [2.24, 2.45) is 0 Å². The van der Waals surface area contributed by atoms with E-state index in [1.54, 1.807) is 38.1 Å². The van der Waals surface area contributed by atoms with E-state index in [9.17, 15) is 18.0 Å². The molecule has 0 unspecified atom stereocenters. The van der Waals surface area contributed by atoms with Crippen LogP contribution in [0.25, 0.3) is 0 Å². The Morgan fingerprint density at radius 3 is 2.54 bits per heavy atom. The molecule has 3 rings (SSSR count). The van der Waals surface area contributed by atoms with Gasteiger partial charge in [-0.1, -0.05) is 23.7 Å². The van der Waals surface area contributed by atoms with E-state index in [1.807, 2.05) is 6.92 Å². The Labute approximate surface area is 169 Å². The Morgan fingerprint density at radius 1 is 1.14 bits per heavy atom. The molecule has 0 bridgehead atoms. The number of rotatable bonds is 4. The molecule has 6 nitrogen and oxygen atoms in total. The molecule has 1 fully saturated rings. The molecular formula is C20H21ClN2O4S. The summed E-state index contributed by atoms with van der Waals surface area (Å²) >= 11 is 6.08. The fourth-order valence-electron chi connectivity index (χ4n) is 3.15. The number of sulfonamides is 1. The van der Waals surface area contributed by atoms with E-state index in [-0.39, 0.29) is 17.7 Å². The van der Waals surface area contributed by atoms with Crippen LogP contribution in [-0.4, -0.2) is 30.6 Å². The fourth-order valence-corrected chi connectivity index (χ4v) is 5.01. The standard InChI is InChI=1S/C20H21ClN2O4S/c1-12-7-8-15(11-13(12)2)28(26,27)23-18(9-10-19(23)24)20(25)22-17-6-4-5-16(21)14(17)3/h4-8,11,18H,9-10H2,1-3H3,(H,22,25)/t18-/m1/s1. The average molecular weight is 421 g/mol. The Hall–Kier alpha value is -2.38. The minimum absolute atomic E-state index is 0.00239. The maximum absolute atomic E-state index is 13.1. The van der Waals surface area contributed by atoms with Gasteiger partial charge in [0, 0.05) is 17.1 Å². The van der Waals surface area contributed by atoms with Gasteiger partial charge in [0.1, 0.15) is 6.04 Å². The van der Waals surface area contributed by atoms with Gasteiger partial charge in [0.2, 0.25) is 11.8 Å². The smallest absolute Gasteiger partial charge is 0.267 e. The van der Waals surface area contributed by atoms with Crippen LogP contribution >= 0.6 is 11.6 Å². The summed E-state index contributed by atoms with van der Waals surface area (Å²) < 4.78 is 26.9. The molecular weight excluding hydrogens is 400 g/mol. The highest BCUT2D eigenvalue weighted by Crippen LogP contribution is 2.30. The Balaban J connectivity index is 1.93. The summed E-state index contributed by atoms with van der Waals surface area (Å²) in [5, 5.41) is 3.19. The first kappa shape index (κ1) is 20.4. The summed E-state index contributed by atoms with van der Waals surface area (Å²) in [6.07, 6.45) is 0.130. The summed E-state index contributed by atoms with van der Waals surface area (Å²) in [5.74, 6) is -1.13. The van der Waals surface area contributed by atoms with Crippen LogP contribution in [0, 0.1) is 20.8 Å². The van der Waals surface area contributed by atoms with E-state index in [1.165, 1.54) is 12.1 Å². The van der Waals surface area contributed by atoms with E-state index in [2.05, 4.69) is 5.32 Å². The van der Waals surface area contributed by atoms with E-state index in [0.29, 0.717) is 20.6 Å². The minimum Gasteiger partial charge on any atom is -0.324 e. The number of aryl methyl sites for hydroxylation is 2. The van der Waals surface area contributed by atoms with E-state index in [0.717, 1.165) is 11.1 Å². The Morgan fingerprint density at radius 2 is 1.86 bits per heavy atom. The molecule has 0 spiro atoms. The number of amides is 2. The van der Waals surface area contributed by atoms with Crippen molar-refractivity contribution in [2.45, 2.75) is 44.6 Å². The van der Waals surface area contributed by atoms with Gasteiger partial charge in [0.05, 0.1) is 4.90 Å². The number of halogens is 1. The molecule has 0 radical (unpaired) electrons. The fraction of sp³-hybridized carbons (Fsp3) is 0.300. The Bertz CT molecular complexity index is 1070. The molecule has 148 valence electrons. The van der Waals surface area contributed by atoms with Gasteiger partial charge >= 0.3 is 0 Å². The monoisotopic (exact) mass is 420 g/mol. The van der Waals surface area contributed by atoms with Crippen molar-refractivity contribution in [3.8, 4) is 0 Å². The summed E-state index contributed by atoms with van der Waals surface area (Å²) in [7, 11) is -4.14. The molecule has 1 saturated heterocycles. The molecule has 2 amide bonds. The van der Waals surface area contributed by atoms with Crippen LogP contribution in [0.1, 0.15) is 29.5 Å². The van der Waals surface area contributed by atoms with Crippen LogP contribution in [0.3, 0.4) is 0 Å². The summed E-state index contributed by atoms with van der Waals surface area (Å²) in [4.78, 5) is 25.2. The first-order chi connectivity index (χ1) is 13.1. The third-order valence-electron chi connectivity index (χ3n) is 5.02. The van der Waals surface area contributed by atoms with Gasteiger partial charge in [-0.15, -0.1) is 0 Å². The lowest BCUT2D eigenvalue weighted by Crippen LogP contribution is -2.45. The predicted molar refractivity (Wildman–Crippen MR) is 108 cm³/mol. The average Bonchev–Trinajstić information content (AvgIpc) is 3.03. The molecule has 1 aliphatic rings. The lowest BCUT2D eigenvalue weighted by Gasteiger charge is -2.24. The highest BCUT2D eigenvalue weighted by molar-refractivity contribution is 7.89. The van der Waals surface area contributed by atoms with Gasteiger partial charge in [-0.3, -0.25) is 9.59 Å². The molecule has 2 aromatic rings. The zero-order valence-corrected chi connectivity index (χ0v) is 17.4.